The van der Waals surface area contributed by atoms with Gasteiger partial charge in [-0.1, -0.05) is 13.3 Å². The molecule has 140 valence electrons. The van der Waals surface area contributed by atoms with Gasteiger partial charge in [0.2, 0.25) is 0 Å². The first-order valence-electron chi connectivity index (χ1n) is 8.69. The third-order valence-electron chi connectivity index (χ3n) is 3.74. The van der Waals surface area contributed by atoms with Gasteiger partial charge in [-0.3, -0.25) is 9.36 Å². The zero-order valence-corrected chi connectivity index (χ0v) is 15.9. The number of methoxy groups -OCH3 is 1. The third-order valence-corrected chi connectivity index (χ3v) is 3.74. The average molecular weight is 351 g/mol. The Bertz CT molecular complexity index is 610. The van der Waals surface area contributed by atoms with Gasteiger partial charge in [0, 0.05) is 18.3 Å². The van der Waals surface area contributed by atoms with E-state index in [1.807, 2.05) is 20.8 Å². The highest BCUT2D eigenvalue weighted by Crippen LogP contribution is 2.24. The van der Waals surface area contributed by atoms with Gasteiger partial charge in [-0.05, 0) is 51.2 Å². The standard InChI is InChI=1S/C19H29NO5/c1-6-7-10-16-15(9-8-11-21)14(12-17(22)24-5)13-20(16)18(23)25-19(2,3)4/h11,13H,6-10,12H2,1-5H3. The topological polar surface area (TPSA) is 74.6 Å². The Morgan fingerprint density at radius 1 is 1.24 bits per heavy atom. The molecule has 0 unspecified atom stereocenters. The van der Waals surface area contributed by atoms with Gasteiger partial charge < -0.3 is 14.3 Å². The molecule has 25 heavy (non-hydrogen) atoms. The summed E-state index contributed by atoms with van der Waals surface area (Å²) < 4.78 is 11.7. The largest absolute Gasteiger partial charge is 0.469 e. The van der Waals surface area contributed by atoms with E-state index in [9.17, 15) is 14.4 Å². The molecule has 0 amide bonds. The fourth-order valence-corrected chi connectivity index (χ4v) is 2.62. The molecule has 6 heteroatoms. The molecule has 0 aromatic carbocycles. The number of ether oxygens (including phenoxy) is 2. The highest BCUT2D eigenvalue weighted by Gasteiger charge is 2.24. The molecule has 1 rings (SSSR count). The van der Waals surface area contributed by atoms with E-state index in [0.29, 0.717) is 24.8 Å². The van der Waals surface area contributed by atoms with Crippen LogP contribution in [0.25, 0.3) is 0 Å². The first kappa shape index (κ1) is 20.9. The maximum absolute atomic E-state index is 12.6. The monoisotopic (exact) mass is 351 g/mol. The molecule has 0 saturated heterocycles. The third kappa shape index (κ3) is 6.36. The van der Waals surface area contributed by atoms with E-state index < -0.39 is 11.7 Å². The van der Waals surface area contributed by atoms with Crippen LogP contribution in [0.5, 0.6) is 0 Å². The molecule has 0 N–H and O–H groups in total. The lowest BCUT2D eigenvalue weighted by Gasteiger charge is -2.20. The predicted octanol–water partition coefficient (Wildman–Crippen LogP) is 3.46. The lowest BCUT2D eigenvalue weighted by atomic mass is 10.0. The van der Waals surface area contributed by atoms with Gasteiger partial charge in [-0.2, -0.15) is 0 Å². The number of unbranched alkanes of at least 4 members (excludes halogenated alkanes) is 1. The molecule has 0 aliphatic heterocycles. The normalized spacial score (nSPS) is 11.2. The van der Waals surface area contributed by atoms with Gasteiger partial charge >= 0.3 is 12.1 Å². The van der Waals surface area contributed by atoms with Crippen LogP contribution in [0.3, 0.4) is 0 Å². The smallest absolute Gasteiger partial charge is 0.418 e. The van der Waals surface area contributed by atoms with Crippen LogP contribution >= 0.6 is 0 Å². The molecule has 0 saturated carbocycles. The Hall–Kier alpha value is -2.11. The number of hydrogen-bond acceptors (Lipinski definition) is 5. The van der Waals surface area contributed by atoms with Gasteiger partial charge in [-0.25, -0.2) is 4.79 Å². The van der Waals surface area contributed by atoms with Crippen molar-refractivity contribution >= 4 is 18.3 Å². The second-order valence-electron chi connectivity index (χ2n) is 6.99. The predicted molar refractivity (Wildman–Crippen MR) is 94.8 cm³/mol. The number of aldehydes is 1. The summed E-state index contributed by atoms with van der Waals surface area (Å²) in [6, 6.07) is 0. The first-order valence-corrected chi connectivity index (χ1v) is 8.69. The Kier molecular flexibility index (Phi) is 7.87. The summed E-state index contributed by atoms with van der Waals surface area (Å²) in [6.07, 6.45) is 5.48. The van der Waals surface area contributed by atoms with E-state index in [2.05, 4.69) is 6.92 Å². The van der Waals surface area contributed by atoms with Crippen LogP contribution in [0.4, 0.5) is 4.79 Å². The minimum Gasteiger partial charge on any atom is -0.469 e. The van der Waals surface area contributed by atoms with E-state index in [1.54, 1.807) is 6.20 Å². The highest BCUT2D eigenvalue weighted by molar-refractivity contribution is 5.76. The summed E-state index contributed by atoms with van der Waals surface area (Å²) in [5.41, 5.74) is 1.79. The number of rotatable bonds is 8. The van der Waals surface area contributed by atoms with Crippen molar-refractivity contribution in [2.75, 3.05) is 7.11 Å². The van der Waals surface area contributed by atoms with E-state index in [-0.39, 0.29) is 12.4 Å². The average Bonchev–Trinajstić information content (AvgIpc) is 2.86. The van der Waals surface area contributed by atoms with Crippen LogP contribution in [-0.2, 0) is 38.3 Å². The van der Waals surface area contributed by atoms with E-state index in [4.69, 9.17) is 9.47 Å². The van der Waals surface area contributed by atoms with Crippen LogP contribution in [0, 0.1) is 0 Å². The Morgan fingerprint density at radius 3 is 2.44 bits per heavy atom. The lowest BCUT2D eigenvalue weighted by molar-refractivity contribution is -0.139. The Morgan fingerprint density at radius 2 is 1.92 bits per heavy atom. The number of esters is 1. The quantitative estimate of drug-likeness (QED) is 0.530. The fourth-order valence-electron chi connectivity index (χ4n) is 2.62. The van der Waals surface area contributed by atoms with Crippen LogP contribution < -0.4 is 0 Å². The number of carbonyl (C=O) groups is 3. The zero-order chi connectivity index (χ0) is 19.0. The molecule has 1 aromatic heterocycles. The van der Waals surface area contributed by atoms with Crippen molar-refractivity contribution in [2.45, 2.75) is 71.8 Å². The highest BCUT2D eigenvalue weighted by atomic mass is 16.6. The van der Waals surface area contributed by atoms with Crippen molar-refractivity contribution in [1.29, 1.82) is 0 Å². The minimum atomic E-state index is -0.616. The van der Waals surface area contributed by atoms with Crippen molar-refractivity contribution in [3.8, 4) is 0 Å². The number of hydrogen-bond donors (Lipinski definition) is 0. The molecule has 0 aliphatic carbocycles. The molecular weight excluding hydrogens is 322 g/mol. The maximum atomic E-state index is 12.6. The fraction of sp³-hybridized carbons (Fsp3) is 0.632. The molecule has 6 nitrogen and oxygen atoms in total. The lowest BCUT2D eigenvalue weighted by Crippen LogP contribution is -2.27. The van der Waals surface area contributed by atoms with Crippen LogP contribution in [0.2, 0.25) is 0 Å². The van der Waals surface area contributed by atoms with Gasteiger partial charge in [-0.15, -0.1) is 0 Å². The molecular formula is C19H29NO5. The van der Waals surface area contributed by atoms with E-state index >= 15 is 0 Å². The van der Waals surface area contributed by atoms with Gasteiger partial charge in [0.05, 0.1) is 13.5 Å². The molecule has 0 aliphatic rings. The van der Waals surface area contributed by atoms with Crippen molar-refractivity contribution < 1.29 is 23.9 Å². The van der Waals surface area contributed by atoms with Crippen LogP contribution in [0.1, 0.15) is 63.8 Å². The number of carbonyl (C=O) groups excluding carboxylic acids is 3. The summed E-state index contributed by atoms with van der Waals surface area (Å²) in [5.74, 6) is -0.379. The molecule has 0 radical (unpaired) electrons. The van der Waals surface area contributed by atoms with Crippen molar-refractivity contribution in [3.63, 3.8) is 0 Å². The summed E-state index contributed by atoms with van der Waals surface area (Å²) in [6.45, 7) is 7.50. The summed E-state index contributed by atoms with van der Waals surface area (Å²) in [5, 5.41) is 0. The molecule has 0 bridgehead atoms. The second-order valence-corrected chi connectivity index (χ2v) is 6.99. The SMILES string of the molecule is CCCCc1c(CCC=O)c(CC(=O)OC)cn1C(=O)OC(C)(C)C. The molecule has 1 heterocycles. The number of nitrogens with zero attached hydrogens (tertiary/aromatic N) is 1. The second kappa shape index (κ2) is 9.39. The van der Waals surface area contributed by atoms with E-state index in [1.165, 1.54) is 11.7 Å². The van der Waals surface area contributed by atoms with Crippen molar-refractivity contribution in [2.24, 2.45) is 0 Å². The minimum absolute atomic E-state index is 0.0691. The van der Waals surface area contributed by atoms with Crippen LogP contribution in [-0.4, -0.2) is 35.6 Å². The zero-order valence-electron chi connectivity index (χ0n) is 15.9. The Balaban J connectivity index is 3.33. The summed E-state index contributed by atoms with van der Waals surface area (Å²) >= 11 is 0. The first-order chi connectivity index (χ1) is 11.7. The van der Waals surface area contributed by atoms with Gasteiger partial charge in [0.25, 0.3) is 0 Å². The summed E-state index contributed by atoms with van der Waals surface area (Å²) in [7, 11) is 1.33. The van der Waals surface area contributed by atoms with Crippen molar-refractivity contribution in [3.05, 3.63) is 23.0 Å². The van der Waals surface area contributed by atoms with E-state index in [0.717, 1.165) is 30.4 Å². The number of aromatic nitrogens is 1. The van der Waals surface area contributed by atoms with Crippen molar-refractivity contribution in [1.82, 2.24) is 4.57 Å². The van der Waals surface area contributed by atoms with Gasteiger partial charge in [0.1, 0.15) is 11.9 Å². The molecule has 0 spiro atoms. The molecule has 0 atom stereocenters. The molecule has 1 aromatic rings. The molecule has 0 fully saturated rings. The van der Waals surface area contributed by atoms with Crippen LogP contribution in [0.15, 0.2) is 6.20 Å². The summed E-state index contributed by atoms with van der Waals surface area (Å²) in [4.78, 5) is 35.1. The Labute approximate surface area is 149 Å². The van der Waals surface area contributed by atoms with Gasteiger partial charge in [0.15, 0.2) is 0 Å². The maximum Gasteiger partial charge on any atom is 0.418 e.